The quantitative estimate of drug-likeness (QED) is 0.563. The molecule has 2 aromatic rings. The number of alkyl halides is 3. The predicted octanol–water partition coefficient (Wildman–Crippen LogP) is 3.64. The van der Waals surface area contributed by atoms with E-state index in [1.165, 1.54) is 12.1 Å². The van der Waals surface area contributed by atoms with Gasteiger partial charge in [0.15, 0.2) is 22.2 Å². The number of nitrogens with zero attached hydrogens (tertiary/aromatic N) is 3. The lowest BCUT2D eigenvalue weighted by Gasteiger charge is -2.26. The van der Waals surface area contributed by atoms with Crippen molar-refractivity contribution in [1.29, 1.82) is 10.8 Å². The maximum absolute atomic E-state index is 12.5. The standard InChI is InChI=1S/C18H19ClF3N5O2/c1-17(2)8-26(3)12-13(28-9-17)16(24)27(25-14(12)19)15(23)10-5-4-6-11(7-10)29-18(20,21)22/h4-7,23-24H,8-9H2,1-3H3. The minimum absolute atomic E-state index is 0.0173. The van der Waals surface area contributed by atoms with Gasteiger partial charge in [0.2, 0.25) is 0 Å². The van der Waals surface area contributed by atoms with Crippen molar-refractivity contribution in [3.63, 3.8) is 0 Å². The number of fused-ring (bicyclic) bond motifs is 1. The molecule has 1 aromatic heterocycles. The van der Waals surface area contributed by atoms with Crippen LogP contribution in [0.2, 0.25) is 5.15 Å². The van der Waals surface area contributed by atoms with Crippen LogP contribution in [0.25, 0.3) is 0 Å². The second kappa shape index (κ2) is 7.25. The summed E-state index contributed by atoms with van der Waals surface area (Å²) in [5.41, 5.74) is 0.0446. The molecule has 0 radical (unpaired) electrons. The van der Waals surface area contributed by atoms with E-state index in [0.717, 1.165) is 16.8 Å². The summed E-state index contributed by atoms with van der Waals surface area (Å²) in [5.74, 6) is -0.668. The van der Waals surface area contributed by atoms with Crippen LogP contribution in [0, 0.1) is 16.2 Å². The highest BCUT2D eigenvalue weighted by molar-refractivity contribution is 6.32. The van der Waals surface area contributed by atoms with E-state index in [2.05, 4.69) is 9.84 Å². The molecule has 0 atom stereocenters. The molecule has 1 aliphatic heterocycles. The number of aromatic nitrogens is 2. The molecule has 7 nitrogen and oxygen atoms in total. The molecule has 3 rings (SSSR count). The van der Waals surface area contributed by atoms with Gasteiger partial charge in [0.25, 0.3) is 0 Å². The monoisotopic (exact) mass is 429 g/mol. The highest BCUT2D eigenvalue weighted by Gasteiger charge is 2.32. The Labute approximate surface area is 169 Å². The molecule has 0 amide bonds. The summed E-state index contributed by atoms with van der Waals surface area (Å²) in [4.78, 5) is 1.83. The van der Waals surface area contributed by atoms with Crippen LogP contribution in [0.4, 0.5) is 18.9 Å². The van der Waals surface area contributed by atoms with Crippen LogP contribution in [0.5, 0.6) is 11.5 Å². The summed E-state index contributed by atoms with van der Waals surface area (Å²) in [6.45, 7) is 4.93. The zero-order valence-corrected chi connectivity index (χ0v) is 16.6. The molecule has 0 unspecified atom stereocenters. The minimum atomic E-state index is -4.86. The van der Waals surface area contributed by atoms with Gasteiger partial charge in [-0.3, -0.25) is 10.8 Å². The Balaban J connectivity index is 2.04. The van der Waals surface area contributed by atoms with Crippen molar-refractivity contribution in [2.45, 2.75) is 20.2 Å². The number of hydrogen-bond donors (Lipinski definition) is 2. The summed E-state index contributed by atoms with van der Waals surface area (Å²) in [5, 5.41) is 20.9. The Morgan fingerprint density at radius 1 is 1.34 bits per heavy atom. The van der Waals surface area contributed by atoms with Crippen molar-refractivity contribution < 1.29 is 22.6 Å². The van der Waals surface area contributed by atoms with Gasteiger partial charge < -0.3 is 14.4 Å². The first-order valence-corrected chi connectivity index (χ1v) is 8.92. The summed E-state index contributed by atoms with van der Waals surface area (Å²) >= 11 is 6.32. The van der Waals surface area contributed by atoms with Crippen LogP contribution in [-0.4, -0.2) is 42.2 Å². The van der Waals surface area contributed by atoms with Crippen LogP contribution in [0.15, 0.2) is 24.3 Å². The minimum Gasteiger partial charge on any atom is -0.487 e. The molecular weight excluding hydrogens is 411 g/mol. The highest BCUT2D eigenvalue weighted by Crippen LogP contribution is 2.36. The van der Waals surface area contributed by atoms with Crippen LogP contribution >= 0.6 is 11.6 Å². The fourth-order valence-electron chi connectivity index (χ4n) is 3.11. The summed E-state index contributed by atoms with van der Waals surface area (Å²) in [6, 6.07) is 4.88. The fraction of sp³-hybridized carbons (Fsp3) is 0.389. The van der Waals surface area contributed by atoms with E-state index in [0.29, 0.717) is 18.8 Å². The predicted molar refractivity (Wildman–Crippen MR) is 101 cm³/mol. The molecule has 1 aromatic carbocycles. The van der Waals surface area contributed by atoms with Gasteiger partial charge in [-0.05, 0) is 12.1 Å². The van der Waals surface area contributed by atoms with Crippen molar-refractivity contribution >= 4 is 23.1 Å². The largest absolute Gasteiger partial charge is 0.573 e. The van der Waals surface area contributed by atoms with Gasteiger partial charge in [-0.15, -0.1) is 13.2 Å². The number of ether oxygens (including phenoxy) is 2. The van der Waals surface area contributed by atoms with Gasteiger partial charge in [-0.1, -0.05) is 37.6 Å². The third kappa shape index (κ3) is 4.47. The third-order valence-corrected chi connectivity index (χ3v) is 4.49. The molecular formula is C18H19ClF3N5O2. The smallest absolute Gasteiger partial charge is 0.487 e. The van der Waals surface area contributed by atoms with E-state index in [1.807, 2.05) is 18.7 Å². The first kappa shape index (κ1) is 21.0. The summed E-state index contributed by atoms with van der Waals surface area (Å²) in [6.07, 6.45) is -4.86. The molecule has 11 heteroatoms. The van der Waals surface area contributed by atoms with Crippen LogP contribution < -0.4 is 19.9 Å². The molecule has 2 N–H and O–H groups in total. The van der Waals surface area contributed by atoms with Gasteiger partial charge >= 0.3 is 6.36 Å². The molecule has 2 heterocycles. The molecule has 1 aliphatic rings. The second-order valence-corrected chi connectivity index (χ2v) is 7.82. The van der Waals surface area contributed by atoms with Gasteiger partial charge in [0.1, 0.15) is 11.4 Å². The Hall–Kier alpha value is -2.75. The van der Waals surface area contributed by atoms with Crippen molar-refractivity contribution in [3.8, 4) is 11.5 Å². The first-order valence-electron chi connectivity index (χ1n) is 8.54. The second-order valence-electron chi connectivity index (χ2n) is 7.46. The van der Waals surface area contributed by atoms with Crippen LogP contribution in [-0.2, 0) is 0 Å². The SMILES string of the molecule is CN1CC(C)(C)COc2c1c(Cl)nn(C(=N)c1cccc(OC(F)(F)F)c1)c2=N. The Kier molecular flexibility index (Phi) is 5.24. The lowest BCUT2D eigenvalue weighted by atomic mass is 9.94. The lowest BCUT2D eigenvalue weighted by molar-refractivity contribution is -0.274. The Morgan fingerprint density at radius 2 is 2.03 bits per heavy atom. The highest BCUT2D eigenvalue weighted by atomic mass is 35.5. The molecule has 29 heavy (non-hydrogen) atoms. The van der Waals surface area contributed by atoms with E-state index < -0.39 is 12.1 Å². The van der Waals surface area contributed by atoms with E-state index in [9.17, 15) is 13.2 Å². The third-order valence-electron chi connectivity index (χ3n) is 4.23. The van der Waals surface area contributed by atoms with Crippen molar-refractivity contribution in [2.24, 2.45) is 5.41 Å². The number of hydrogen-bond acceptors (Lipinski definition) is 6. The van der Waals surface area contributed by atoms with Gasteiger partial charge in [-0.2, -0.15) is 9.78 Å². The zero-order valence-electron chi connectivity index (χ0n) is 15.9. The zero-order chi connectivity index (χ0) is 21.6. The molecule has 156 valence electrons. The maximum atomic E-state index is 12.5. The molecule has 0 aliphatic carbocycles. The van der Waals surface area contributed by atoms with E-state index in [1.54, 1.807) is 7.05 Å². The average molecular weight is 430 g/mol. The molecule has 0 spiro atoms. The van der Waals surface area contributed by atoms with Crippen LogP contribution in [0.3, 0.4) is 0 Å². The Morgan fingerprint density at radius 3 is 2.69 bits per heavy atom. The molecule has 0 fully saturated rings. The van der Waals surface area contributed by atoms with E-state index in [4.69, 9.17) is 27.2 Å². The number of halogens is 4. The fourth-order valence-corrected chi connectivity index (χ4v) is 3.42. The first-order chi connectivity index (χ1) is 13.4. The van der Waals surface area contributed by atoms with E-state index in [-0.39, 0.29) is 33.2 Å². The van der Waals surface area contributed by atoms with Gasteiger partial charge in [-0.25, -0.2) is 0 Å². The van der Waals surface area contributed by atoms with Crippen molar-refractivity contribution in [2.75, 3.05) is 25.1 Å². The van der Waals surface area contributed by atoms with Crippen molar-refractivity contribution in [3.05, 3.63) is 40.5 Å². The van der Waals surface area contributed by atoms with Crippen LogP contribution in [0.1, 0.15) is 19.4 Å². The lowest BCUT2D eigenvalue weighted by Crippen LogP contribution is -2.33. The molecule has 0 saturated carbocycles. The topological polar surface area (TPSA) is 87.2 Å². The van der Waals surface area contributed by atoms with Gasteiger partial charge in [0, 0.05) is 24.6 Å². The summed E-state index contributed by atoms with van der Waals surface area (Å²) < 4.78 is 48.1. The number of nitrogens with one attached hydrogen (secondary N) is 2. The molecule has 0 saturated heterocycles. The van der Waals surface area contributed by atoms with Gasteiger partial charge in [0.05, 0.1) is 6.61 Å². The van der Waals surface area contributed by atoms with Crippen molar-refractivity contribution in [1.82, 2.24) is 9.78 Å². The van der Waals surface area contributed by atoms with E-state index >= 15 is 0 Å². The number of anilines is 1. The number of rotatable bonds is 2. The average Bonchev–Trinajstić information content (AvgIpc) is 2.71. The number of benzene rings is 1. The Bertz CT molecular complexity index is 1020. The normalized spacial score (nSPS) is 15.9. The maximum Gasteiger partial charge on any atom is 0.573 e. The molecule has 0 bridgehead atoms. The summed E-state index contributed by atoms with van der Waals surface area (Å²) in [7, 11) is 1.80.